The summed E-state index contributed by atoms with van der Waals surface area (Å²) in [7, 11) is 0. The van der Waals surface area contributed by atoms with E-state index in [9.17, 15) is 9.59 Å². The molecular formula is C17H9BrCl2N2O3. The van der Waals surface area contributed by atoms with Gasteiger partial charge in [0.1, 0.15) is 11.6 Å². The molecule has 0 spiro atoms. The minimum Gasteiger partial charge on any atom is -0.381 e. The fourth-order valence-electron chi connectivity index (χ4n) is 2.94. The second-order valence-electron chi connectivity index (χ2n) is 5.59. The van der Waals surface area contributed by atoms with Gasteiger partial charge < -0.3 is 4.84 Å². The average Bonchev–Trinajstić information content (AvgIpc) is 3.11. The minimum atomic E-state index is -0.974. The maximum absolute atomic E-state index is 12.9. The first-order valence-electron chi connectivity index (χ1n) is 7.30. The smallest absolute Gasteiger partial charge is 0.279 e. The lowest BCUT2D eigenvalue weighted by molar-refractivity contribution is -0.126. The lowest BCUT2D eigenvalue weighted by atomic mass is 9.94. The summed E-state index contributed by atoms with van der Waals surface area (Å²) in [6.45, 7) is 0. The Morgan fingerprint density at radius 2 is 1.76 bits per heavy atom. The van der Waals surface area contributed by atoms with E-state index >= 15 is 0 Å². The Labute approximate surface area is 161 Å². The first kappa shape index (κ1) is 16.6. The number of hydrogen-bond acceptors (Lipinski definition) is 4. The quantitative estimate of drug-likeness (QED) is 0.663. The summed E-state index contributed by atoms with van der Waals surface area (Å²) in [4.78, 5) is 31.9. The van der Waals surface area contributed by atoms with Gasteiger partial charge in [-0.15, -0.1) is 0 Å². The monoisotopic (exact) mass is 438 g/mol. The SMILES string of the molecule is O=C1[C@@H]2C(c3ccc(Br)cc3)=NO[C@H]2C(=O)N1c1ccc(Cl)cc1Cl. The standard InChI is InChI=1S/C17H9BrCl2N2O3/c18-9-3-1-8(2-4-9)14-13-15(25-21-14)17(24)22(16(13)23)12-6-5-10(19)7-11(12)20/h1-7,13,15H/t13-,15-/m1/s1. The second kappa shape index (κ2) is 6.12. The number of hydrogen-bond donors (Lipinski definition) is 0. The van der Waals surface area contributed by atoms with Crippen molar-refractivity contribution in [3.05, 3.63) is 62.5 Å². The zero-order valence-corrected chi connectivity index (χ0v) is 15.5. The van der Waals surface area contributed by atoms with E-state index in [1.54, 1.807) is 6.07 Å². The number of imide groups is 1. The van der Waals surface area contributed by atoms with E-state index in [2.05, 4.69) is 21.1 Å². The molecule has 2 aromatic rings. The first-order valence-corrected chi connectivity index (χ1v) is 8.85. The molecule has 126 valence electrons. The van der Waals surface area contributed by atoms with Gasteiger partial charge in [0, 0.05) is 15.1 Å². The molecular weight excluding hydrogens is 431 g/mol. The van der Waals surface area contributed by atoms with Crippen LogP contribution in [-0.4, -0.2) is 23.6 Å². The van der Waals surface area contributed by atoms with Crippen LogP contribution in [-0.2, 0) is 14.4 Å². The van der Waals surface area contributed by atoms with Crippen LogP contribution in [0.25, 0.3) is 0 Å². The molecule has 0 aliphatic carbocycles. The van der Waals surface area contributed by atoms with E-state index in [4.69, 9.17) is 28.0 Å². The van der Waals surface area contributed by atoms with Gasteiger partial charge in [-0.25, -0.2) is 4.90 Å². The lowest BCUT2D eigenvalue weighted by Gasteiger charge is -2.17. The minimum absolute atomic E-state index is 0.219. The van der Waals surface area contributed by atoms with Crippen molar-refractivity contribution in [1.29, 1.82) is 0 Å². The molecule has 2 heterocycles. The van der Waals surface area contributed by atoms with E-state index in [0.29, 0.717) is 10.7 Å². The molecule has 0 radical (unpaired) electrons. The maximum atomic E-state index is 12.9. The predicted octanol–water partition coefficient (Wildman–Crippen LogP) is 4.05. The fourth-order valence-corrected chi connectivity index (χ4v) is 3.69. The summed E-state index contributed by atoms with van der Waals surface area (Å²) >= 11 is 15.4. The number of carbonyl (C=O) groups is 2. The Morgan fingerprint density at radius 3 is 2.44 bits per heavy atom. The Hall–Kier alpha value is -1.89. The van der Waals surface area contributed by atoms with Crippen LogP contribution in [0.5, 0.6) is 0 Å². The highest BCUT2D eigenvalue weighted by Gasteiger charge is 2.56. The highest BCUT2D eigenvalue weighted by Crippen LogP contribution is 2.38. The molecule has 0 bridgehead atoms. The van der Waals surface area contributed by atoms with Gasteiger partial charge in [-0.3, -0.25) is 9.59 Å². The van der Waals surface area contributed by atoms with Crippen molar-refractivity contribution in [2.75, 3.05) is 4.90 Å². The van der Waals surface area contributed by atoms with Gasteiger partial charge in [0.15, 0.2) is 0 Å². The van der Waals surface area contributed by atoms with Gasteiger partial charge in [-0.1, -0.05) is 56.4 Å². The summed E-state index contributed by atoms with van der Waals surface area (Å²) in [5.74, 6) is -1.70. The summed E-state index contributed by atoms with van der Waals surface area (Å²) < 4.78 is 0.899. The van der Waals surface area contributed by atoms with Crippen LogP contribution in [0.1, 0.15) is 5.56 Å². The molecule has 0 saturated carbocycles. The molecule has 0 N–H and O–H groups in total. The normalized spacial score (nSPS) is 22.0. The number of fused-ring (bicyclic) bond motifs is 1. The molecule has 2 aliphatic rings. The van der Waals surface area contributed by atoms with Crippen molar-refractivity contribution in [3.63, 3.8) is 0 Å². The van der Waals surface area contributed by atoms with Crippen LogP contribution in [0, 0.1) is 5.92 Å². The molecule has 25 heavy (non-hydrogen) atoms. The fraction of sp³-hybridized carbons (Fsp3) is 0.118. The van der Waals surface area contributed by atoms with Gasteiger partial charge in [0.2, 0.25) is 12.0 Å². The third-order valence-electron chi connectivity index (χ3n) is 4.10. The Morgan fingerprint density at radius 1 is 1.04 bits per heavy atom. The van der Waals surface area contributed by atoms with Crippen LogP contribution in [0.15, 0.2) is 52.1 Å². The number of amides is 2. The third kappa shape index (κ3) is 2.65. The summed E-state index contributed by atoms with van der Waals surface area (Å²) in [5, 5.41) is 4.60. The Bertz CT molecular complexity index is 930. The number of carbonyl (C=O) groups excluding carboxylic acids is 2. The number of benzene rings is 2. The highest BCUT2D eigenvalue weighted by atomic mass is 79.9. The van der Waals surface area contributed by atoms with Crippen LogP contribution in [0.2, 0.25) is 10.0 Å². The molecule has 1 saturated heterocycles. The molecule has 8 heteroatoms. The molecule has 2 amide bonds. The average molecular weight is 440 g/mol. The van der Waals surface area contributed by atoms with Gasteiger partial charge in [0.25, 0.3) is 5.91 Å². The van der Waals surface area contributed by atoms with E-state index in [1.807, 2.05) is 24.3 Å². The number of halogens is 3. The van der Waals surface area contributed by atoms with Crippen molar-refractivity contribution in [2.24, 2.45) is 11.1 Å². The van der Waals surface area contributed by atoms with E-state index in [-0.39, 0.29) is 10.7 Å². The van der Waals surface area contributed by atoms with Gasteiger partial charge in [-0.05, 0) is 30.3 Å². The van der Waals surface area contributed by atoms with Crippen LogP contribution >= 0.6 is 39.1 Å². The Balaban J connectivity index is 1.72. The van der Waals surface area contributed by atoms with Crippen LogP contribution in [0.4, 0.5) is 5.69 Å². The topological polar surface area (TPSA) is 59.0 Å². The summed E-state index contributed by atoms with van der Waals surface area (Å²) in [6, 6.07) is 11.9. The molecule has 1 fully saturated rings. The van der Waals surface area contributed by atoms with Crippen molar-refractivity contribution in [3.8, 4) is 0 Å². The van der Waals surface area contributed by atoms with E-state index < -0.39 is 23.8 Å². The van der Waals surface area contributed by atoms with Crippen molar-refractivity contribution in [2.45, 2.75) is 6.10 Å². The molecule has 2 atom stereocenters. The number of anilines is 1. The number of nitrogens with zero attached hydrogens (tertiary/aromatic N) is 2. The summed E-state index contributed by atoms with van der Waals surface area (Å²) in [5.41, 5.74) is 1.44. The second-order valence-corrected chi connectivity index (χ2v) is 7.35. The van der Waals surface area contributed by atoms with Gasteiger partial charge in [0.05, 0.1) is 10.7 Å². The van der Waals surface area contributed by atoms with E-state index in [0.717, 1.165) is 14.9 Å². The Kier molecular flexibility index (Phi) is 4.06. The van der Waals surface area contributed by atoms with Crippen molar-refractivity contribution < 1.29 is 14.4 Å². The van der Waals surface area contributed by atoms with Crippen LogP contribution in [0.3, 0.4) is 0 Å². The predicted molar refractivity (Wildman–Crippen MR) is 98.0 cm³/mol. The zero-order chi connectivity index (χ0) is 17.7. The maximum Gasteiger partial charge on any atom is 0.279 e. The number of oxime groups is 1. The van der Waals surface area contributed by atoms with Crippen LogP contribution < -0.4 is 4.90 Å². The lowest BCUT2D eigenvalue weighted by Crippen LogP contribution is -2.33. The summed E-state index contributed by atoms with van der Waals surface area (Å²) in [6.07, 6.45) is -0.974. The molecule has 2 aromatic carbocycles. The van der Waals surface area contributed by atoms with Gasteiger partial charge >= 0.3 is 0 Å². The molecule has 0 aromatic heterocycles. The molecule has 4 rings (SSSR count). The molecule has 5 nitrogen and oxygen atoms in total. The van der Waals surface area contributed by atoms with Gasteiger partial charge in [-0.2, -0.15) is 0 Å². The third-order valence-corrected chi connectivity index (χ3v) is 5.17. The molecule has 2 aliphatic heterocycles. The molecule has 0 unspecified atom stereocenters. The van der Waals surface area contributed by atoms with Crippen molar-refractivity contribution in [1.82, 2.24) is 0 Å². The van der Waals surface area contributed by atoms with E-state index in [1.165, 1.54) is 12.1 Å². The van der Waals surface area contributed by atoms with Crippen molar-refractivity contribution >= 4 is 62.3 Å². The first-order chi connectivity index (χ1) is 12.0. The largest absolute Gasteiger partial charge is 0.381 e. The highest BCUT2D eigenvalue weighted by molar-refractivity contribution is 9.10. The zero-order valence-electron chi connectivity index (χ0n) is 12.4. The number of rotatable bonds is 2.